The number of benzene rings is 2. The van der Waals surface area contributed by atoms with E-state index in [4.69, 9.17) is 11.5 Å². The lowest BCUT2D eigenvalue weighted by molar-refractivity contribution is -0.384. The number of nitrogens with zero attached hydrogens (tertiary/aromatic N) is 3. The molecular weight excluding hydrogens is 346 g/mol. The molecule has 0 bridgehead atoms. The van der Waals surface area contributed by atoms with Crippen LogP contribution in [0.4, 0.5) is 17.1 Å². The van der Waals surface area contributed by atoms with E-state index in [0.29, 0.717) is 17.1 Å². The van der Waals surface area contributed by atoms with Gasteiger partial charge in [-0.3, -0.25) is 10.1 Å². The molecule has 0 saturated heterocycles. The van der Waals surface area contributed by atoms with Crippen LogP contribution < -0.4 is 11.5 Å². The zero-order valence-corrected chi connectivity index (χ0v) is 14.0. The third-order valence-electron chi connectivity index (χ3n) is 3.13. The number of nitrogens with two attached hydrogens (primary N) is 2. The van der Waals surface area contributed by atoms with Gasteiger partial charge in [-0.05, 0) is 35.9 Å². The number of rotatable bonds is 5. The molecule has 0 aliphatic rings. The average Bonchev–Trinajstić information content (AvgIpc) is 3.01. The van der Waals surface area contributed by atoms with E-state index in [1.54, 1.807) is 30.0 Å². The molecule has 1 heterocycles. The van der Waals surface area contributed by atoms with Crippen molar-refractivity contribution in [2.45, 2.75) is 10.1 Å². The molecule has 24 heavy (non-hydrogen) atoms. The van der Waals surface area contributed by atoms with Gasteiger partial charge in [-0.1, -0.05) is 23.1 Å². The molecular formula is C15H13N5O2S2. The number of nitrogen functional groups attached to an aromatic ring is 2. The van der Waals surface area contributed by atoms with Gasteiger partial charge in [-0.2, -0.15) is 0 Å². The Labute approximate surface area is 145 Å². The highest BCUT2D eigenvalue weighted by Crippen LogP contribution is 2.32. The molecule has 3 aromatic rings. The van der Waals surface area contributed by atoms with Crippen molar-refractivity contribution < 1.29 is 4.92 Å². The molecule has 0 spiro atoms. The fourth-order valence-corrected chi connectivity index (χ4v) is 3.87. The molecule has 2 aromatic carbocycles. The summed E-state index contributed by atoms with van der Waals surface area (Å²) < 4.78 is 0.810. The molecule has 122 valence electrons. The Morgan fingerprint density at radius 3 is 2.38 bits per heavy atom. The Morgan fingerprint density at radius 2 is 1.75 bits per heavy atom. The summed E-state index contributed by atoms with van der Waals surface area (Å²) in [7, 11) is 0. The van der Waals surface area contributed by atoms with Crippen molar-refractivity contribution in [2.75, 3.05) is 11.5 Å². The van der Waals surface area contributed by atoms with Gasteiger partial charge in [0.25, 0.3) is 5.69 Å². The molecule has 9 heteroatoms. The molecule has 0 unspecified atom stereocenters. The normalized spacial score (nSPS) is 10.7. The summed E-state index contributed by atoms with van der Waals surface area (Å²) in [4.78, 5) is 10.3. The maximum absolute atomic E-state index is 10.7. The van der Waals surface area contributed by atoms with E-state index in [2.05, 4.69) is 10.2 Å². The van der Waals surface area contributed by atoms with Crippen LogP contribution in [-0.4, -0.2) is 15.1 Å². The molecule has 0 radical (unpaired) electrons. The van der Waals surface area contributed by atoms with Crippen LogP contribution in [0.25, 0.3) is 10.6 Å². The SMILES string of the molecule is Nc1cc(N)cc(CSc2nnc(-c3ccc([N+](=O)[O-])cc3)s2)c1. The van der Waals surface area contributed by atoms with E-state index in [9.17, 15) is 10.1 Å². The van der Waals surface area contributed by atoms with Crippen LogP contribution in [0.15, 0.2) is 46.8 Å². The zero-order chi connectivity index (χ0) is 17.1. The molecule has 0 aliphatic carbocycles. The number of hydrogen-bond donors (Lipinski definition) is 2. The summed E-state index contributed by atoms with van der Waals surface area (Å²) in [5.41, 5.74) is 14.7. The maximum Gasteiger partial charge on any atom is 0.269 e. The second-order valence-electron chi connectivity index (χ2n) is 4.97. The van der Waals surface area contributed by atoms with Crippen LogP contribution in [0, 0.1) is 10.1 Å². The fraction of sp³-hybridized carbons (Fsp3) is 0.0667. The quantitative estimate of drug-likeness (QED) is 0.309. The van der Waals surface area contributed by atoms with Crippen molar-refractivity contribution in [1.82, 2.24) is 10.2 Å². The van der Waals surface area contributed by atoms with Gasteiger partial charge < -0.3 is 11.5 Å². The number of anilines is 2. The van der Waals surface area contributed by atoms with Crippen molar-refractivity contribution in [3.05, 3.63) is 58.1 Å². The van der Waals surface area contributed by atoms with Crippen molar-refractivity contribution in [2.24, 2.45) is 0 Å². The molecule has 0 fully saturated rings. The second kappa shape index (κ2) is 6.85. The third-order valence-corrected chi connectivity index (χ3v) is 5.31. The topological polar surface area (TPSA) is 121 Å². The smallest absolute Gasteiger partial charge is 0.269 e. The minimum absolute atomic E-state index is 0.0529. The van der Waals surface area contributed by atoms with Gasteiger partial charge in [0, 0.05) is 34.8 Å². The molecule has 1 aromatic heterocycles. The molecule has 0 saturated carbocycles. The number of hydrogen-bond acceptors (Lipinski definition) is 8. The fourth-order valence-electron chi connectivity index (χ4n) is 2.08. The lowest BCUT2D eigenvalue weighted by atomic mass is 10.2. The van der Waals surface area contributed by atoms with Gasteiger partial charge in [0.1, 0.15) is 5.01 Å². The highest BCUT2D eigenvalue weighted by molar-refractivity contribution is 8.00. The summed E-state index contributed by atoms with van der Waals surface area (Å²) in [5, 5.41) is 19.7. The predicted octanol–water partition coefficient (Wildman–Crippen LogP) is 3.57. The summed E-state index contributed by atoms with van der Waals surface area (Å²) in [5.74, 6) is 0.685. The van der Waals surface area contributed by atoms with Gasteiger partial charge >= 0.3 is 0 Å². The highest BCUT2D eigenvalue weighted by Gasteiger charge is 2.10. The summed E-state index contributed by atoms with van der Waals surface area (Å²) in [6.07, 6.45) is 0. The van der Waals surface area contributed by atoms with E-state index in [-0.39, 0.29) is 5.69 Å². The van der Waals surface area contributed by atoms with E-state index in [1.165, 1.54) is 23.5 Å². The number of non-ortho nitro benzene ring substituents is 1. The monoisotopic (exact) mass is 359 g/mol. The van der Waals surface area contributed by atoms with Gasteiger partial charge in [-0.25, -0.2) is 0 Å². The highest BCUT2D eigenvalue weighted by atomic mass is 32.2. The van der Waals surface area contributed by atoms with Gasteiger partial charge in [-0.15, -0.1) is 10.2 Å². The second-order valence-corrected chi connectivity index (χ2v) is 7.17. The van der Waals surface area contributed by atoms with E-state index in [0.717, 1.165) is 20.5 Å². The van der Waals surface area contributed by atoms with Crippen LogP contribution in [0.5, 0.6) is 0 Å². The predicted molar refractivity (Wildman–Crippen MR) is 96.8 cm³/mol. The Balaban J connectivity index is 1.70. The standard InChI is InChI=1S/C15H13N5O2S2/c16-11-5-9(6-12(17)7-11)8-23-15-19-18-14(24-15)10-1-3-13(4-2-10)20(21)22/h1-7H,8,16-17H2. The molecule has 0 atom stereocenters. The Bertz CT molecular complexity index is 860. The van der Waals surface area contributed by atoms with Crippen LogP contribution >= 0.6 is 23.1 Å². The number of nitro benzene ring substituents is 1. The molecule has 3 rings (SSSR count). The molecule has 0 aliphatic heterocycles. The van der Waals surface area contributed by atoms with Crippen LogP contribution in [0.2, 0.25) is 0 Å². The van der Waals surface area contributed by atoms with Crippen LogP contribution in [-0.2, 0) is 5.75 Å². The third kappa shape index (κ3) is 3.81. The molecule has 7 nitrogen and oxygen atoms in total. The average molecular weight is 359 g/mol. The first kappa shape index (κ1) is 16.2. The van der Waals surface area contributed by atoms with Gasteiger partial charge in [0.05, 0.1) is 4.92 Å². The largest absolute Gasteiger partial charge is 0.399 e. The first-order valence-corrected chi connectivity index (χ1v) is 8.67. The van der Waals surface area contributed by atoms with Crippen molar-refractivity contribution in [3.8, 4) is 10.6 Å². The zero-order valence-electron chi connectivity index (χ0n) is 12.4. The summed E-state index contributed by atoms with van der Waals surface area (Å²) in [6, 6.07) is 11.7. The summed E-state index contributed by atoms with van der Waals surface area (Å²) >= 11 is 2.98. The van der Waals surface area contributed by atoms with E-state index >= 15 is 0 Å². The van der Waals surface area contributed by atoms with Crippen molar-refractivity contribution in [1.29, 1.82) is 0 Å². The first-order valence-electron chi connectivity index (χ1n) is 6.87. The van der Waals surface area contributed by atoms with Crippen LogP contribution in [0.1, 0.15) is 5.56 Å². The maximum atomic E-state index is 10.7. The Hall–Kier alpha value is -2.65. The van der Waals surface area contributed by atoms with E-state index < -0.39 is 4.92 Å². The van der Waals surface area contributed by atoms with E-state index in [1.807, 2.05) is 12.1 Å². The Morgan fingerprint density at radius 1 is 1.08 bits per heavy atom. The minimum atomic E-state index is -0.428. The Kier molecular flexibility index (Phi) is 4.63. The van der Waals surface area contributed by atoms with Gasteiger partial charge in [0.2, 0.25) is 0 Å². The molecule has 0 amide bonds. The first-order chi connectivity index (χ1) is 11.5. The lowest BCUT2D eigenvalue weighted by Gasteiger charge is -2.02. The molecule has 4 N–H and O–H groups in total. The van der Waals surface area contributed by atoms with Crippen molar-refractivity contribution in [3.63, 3.8) is 0 Å². The number of aromatic nitrogens is 2. The minimum Gasteiger partial charge on any atom is -0.399 e. The van der Waals surface area contributed by atoms with Crippen molar-refractivity contribution >= 4 is 40.2 Å². The van der Waals surface area contributed by atoms with Gasteiger partial charge in [0.15, 0.2) is 4.34 Å². The summed E-state index contributed by atoms with van der Waals surface area (Å²) in [6.45, 7) is 0. The lowest BCUT2D eigenvalue weighted by Crippen LogP contribution is -1.92. The van der Waals surface area contributed by atoms with Crippen LogP contribution in [0.3, 0.4) is 0 Å². The number of thioether (sulfide) groups is 1. The number of nitro groups is 1.